The van der Waals surface area contributed by atoms with Crippen LogP contribution in [0, 0.1) is 11.7 Å². The molecule has 0 bridgehead atoms. The maximum absolute atomic E-state index is 14.8. The number of nitrogens with two attached hydrogens (primary N) is 1. The molecule has 0 aromatic heterocycles. The highest BCUT2D eigenvalue weighted by Gasteiger charge is 2.64. The molecule has 0 amide bonds. The smallest absolute Gasteiger partial charge is 0.283 e. The highest BCUT2D eigenvalue weighted by atomic mass is 35.5. The van der Waals surface area contributed by atoms with E-state index in [9.17, 15) is 13.2 Å². The van der Waals surface area contributed by atoms with Crippen molar-refractivity contribution in [1.29, 1.82) is 0 Å². The van der Waals surface area contributed by atoms with Crippen molar-refractivity contribution in [1.82, 2.24) is 0 Å². The fourth-order valence-electron chi connectivity index (χ4n) is 4.86. The predicted octanol–water partition coefficient (Wildman–Crippen LogP) is 5.34. The van der Waals surface area contributed by atoms with Crippen molar-refractivity contribution in [3.63, 3.8) is 0 Å². The predicted molar refractivity (Wildman–Crippen MR) is 109 cm³/mol. The van der Waals surface area contributed by atoms with E-state index in [4.69, 9.17) is 22.1 Å². The molecule has 3 aliphatic rings. The number of amidine groups is 1. The van der Waals surface area contributed by atoms with E-state index < -0.39 is 29.8 Å². The zero-order chi connectivity index (χ0) is 21.1. The first kappa shape index (κ1) is 19.7. The van der Waals surface area contributed by atoms with Gasteiger partial charge in [0.05, 0.1) is 0 Å². The minimum Gasteiger partial charge on any atom is -0.462 e. The van der Waals surface area contributed by atoms with E-state index in [0.29, 0.717) is 17.9 Å². The van der Waals surface area contributed by atoms with E-state index >= 15 is 0 Å². The van der Waals surface area contributed by atoms with Crippen molar-refractivity contribution in [2.24, 2.45) is 16.6 Å². The number of hydrogen-bond donors (Lipinski definition) is 1. The maximum atomic E-state index is 14.8. The minimum absolute atomic E-state index is 0.0786. The van der Waals surface area contributed by atoms with Gasteiger partial charge in [-0.05, 0) is 66.8 Å². The van der Waals surface area contributed by atoms with Crippen molar-refractivity contribution < 1.29 is 17.9 Å². The van der Waals surface area contributed by atoms with Crippen LogP contribution in [-0.2, 0) is 22.1 Å². The Labute approximate surface area is 178 Å². The third-order valence-corrected chi connectivity index (χ3v) is 7.11. The molecule has 0 saturated heterocycles. The van der Waals surface area contributed by atoms with Crippen LogP contribution in [0.2, 0.25) is 5.02 Å². The quantitative estimate of drug-likeness (QED) is 0.667. The molecule has 3 nitrogen and oxygen atoms in total. The van der Waals surface area contributed by atoms with Gasteiger partial charge in [-0.3, -0.25) is 0 Å². The van der Waals surface area contributed by atoms with Crippen molar-refractivity contribution in [2.45, 2.75) is 55.6 Å². The van der Waals surface area contributed by atoms with Crippen molar-refractivity contribution >= 4 is 17.6 Å². The molecule has 0 radical (unpaired) electrons. The average Bonchev–Trinajstić information content (AvgIpc) is 3.62. The summed E-state index contributed by atoms with van der Waals surface area (Å²) in [5.74, 6) is -1.24. The zero-order valence-corrected chi connectivity index (χ0v) is 17.0. The van der Waals surface area contributed by atoms with Gasteiger partial charge in [-0.25, -0.2) is 18.2 Å². The Morgan fingerprint density at radius 2 is 1.90 bits per heavy atom. The van der Waals surface area contributed by atoms with Crippen LogP contribution < -0.4 is 5.73 Å². The number of fused-ring (bicyclic) bond motifs is 1. The molecular weight excluding hydrogens is 413 g/mol. The lowest BCUT2D eigenvalue weighted by atomic mass is 9.82. The van der Waals surface area contributed by atoms with Gasteiger partial charge in [0.1, 0.15) is 11.9 Å². The molecule has 1 heterocycles. The van der Waals surface area contributed by atoms with E-state index in [2.05, 4.69) is 4.99 Å². The number of hydrogen-bond acceptors (Lipinski definition) is 3. The van der Waals surface area contributed by atoms with Crippen LogP contribution in [0.5, 0.6) is 0 Å². The molecular formula is C23H22ClF3N2O. The molecule has 0 unspecified atom stereocenters. The molecule has 0 spiro atoms. The van der Waals surface area contributed by atoms with Crippen molar-refractivity contribution in [3.8, 4) is 0 Å². The molecule has 2 aliphatic carbocycles. The Kier molecular flexibility index (Phi) is 4.54. The van der Waals surface area contributed by atoms with Gasteiger partial charge in [-0.15, -0.1) is 0 Å². The number of rotatable bonds is 6. The second-order valence-corrected chi connectivity index (χ2v) is 9.11. The molecule has 2 saturated carbocycles. The van der Waals surface area contributed by atoms with E-state index in [0.717, 1.165) is 24.8 Å². The SMILES string of the molecule is NC1=N[C@@](c2cc(CCC3(c4ccc(Cl)cc4)CC3)ccc2F)(C(F)F)[C@H]2C[C@H]2O1. The number of ether oxygens (including phenoxy) is 1. The van der Waals surface area contributed by atoms with Crippen LogP contribution in [0.1, 0.15) is 42.4 Å². The largest absolute Gasteiger partial charge is 0.462 e. The first-order valence-corrected chi connectivity index (χ1v) is 10.6. The maximum Gasteiger partial charge on any atom is 0.283 e. The molecule has 5 rings (SSSR count). The van der Waals surface area contributed by atoms with Gasteiger partial charge in [-0.1, -0.05) is 35.9 Å². The van der Waals surface area contributed by atoms with E-state index in [1.54, 1.807) is 12.1 Å². The Morgan fingerprint density at radius 3 is 2.57 bits per heavy atom. The standard InChI is InChI=1S/C23H22ClF3N2O/c24-15-4-2-14(3-5-15)22(9-10-22)8-7-13-1-6-18(25)16(11-13)23(20(26)27)17-12-19(17)30-21(28)29-23/h1-6,11,17,19-20H,7-10,12H2,(H2,28,29)/t17-,19+,23+/m0/s1. The third kappa shape index (κ3) is 3.16. The lowest BCUT2D eigenvalue weighted by Gasteiger charge is -2.33. The van der Waals surface area contributed by atoms with Gasteiger partial charge in [0.2, 0.25) is 0 Å². The summed E-state index contributed by atoms with van der Waals surface area (Å²) in [4.78, 5) is 3.95. The average molecular weight is 435 g/mol. The van der Waals surface area contributed by atoms with E-state index in [1.807, 2.05) is 24.3 Å². The summed E-state index contributed by atoms with van der Waals surface area (Å²) < 4.78 is 48.6. The van der Waals surface area contributed by atoms with Crippen molar-refractivity contribution in [2.75, 3.05) is 0 Å². The lowest BCUT2D eigenvalue weighted by molar-refractivity contribution is 0.0176. The monoisotopic (exact) mass is 434 g/mol. The Hall–Kier alpha value is -2.21. The van der Waals surface area contributed by atoms with Crippen LogP contribution in [0.15, 0.2) is 47.5 Å². The molecule has 2 aromatic carbocycles. The fraction of sp³-hybridized carbons (Fsp3) is 0.435. The second kappa shape index (κ2) is 6.91. The lowest BCUT2D eigenvalue weighted by Crippen LogP contribution is -2.43. The normalized spacial score (nSPS) is 28.5. The molecule has 2 fully saturated rings. The van der Waals surface area contributed by atoms with Gasteiger partial charge in [-0.2, -0.15) is 0 Å². The third-order valence-electron chi connectivity index (χ3n) is 6.86. The van der Waals surface area contributed by atoms with Gasteiger partial charge in [0.15, 0.2) is 5.54 Å². The number of halogens is 4. The summed E-state index contributed by atoms with van der Waals surface area (Å²) in [7, 11) is 0. The Balaban J connectivity index is 1.43. The van der Waals surface area contributed by atoms with E-state index in [1.165, 1.54) is 11.6 Å². The highest BCUT2D eigenvalue weighted by molar-refractivity contribution is 6.30. The first-order chi connectivity index (χ1) is 14.3. The van der Waals surface area contributed by atoms with Crippen LogP contribution in [0.25, 0.3) is 0 Å². The van der Waals surface area contributed by atoms with Gasteiger partial charge < -0.3 is 10.5 Å². The first-order valence-electron chi connectivity index (χ1n) is 10.2. The Bertz CT molecular complexity index is 1010. The topological polar surface area (TPSA) is 47.6 Å². The molecule has 3 atom stereocenters. The summed E-state index contributed by atoms with van der Waals surface area (Å²) >= 11 is 6.00. The van der Waals surface area contributed by atoms with Crippen molar-refractivity contribution in [3.05, 3.63) is 70.0 Å². The van der Waals surface area contributed by atoms with Crippen LogP contribution in [0.3, 0.4) is 0 Å². The Morgan fingerprint density at radius 1 is 1.17 bits per heavy atom. The van der Waals surface area contributed by atoms with Gasteiger partial charge >= 0.3 is 0 Å². The molecule has 2 N–H and O–H groups in total. The van der Waals surface area contributed by atoms with Gasteiger partial charge in [0.25, 0.3) is 12.4 Å². The molecule has 1 aliphatic heterocycles. The zero-order valence-electron chi connectivity index (χ0n) is 16.3. The van der Waals surface area contributed by atoms with E-state index in [-0.39, 0.29) is 17.0 Å². The fourth-order valence-corrected chi connectivity index (χ4v) is 4.98. The summed E-state index contributed by atoms with van der Waals surface area (Å²) in [6.45, 7) is 0. The van der Waals surface area contributed by atoms with Crippen LogP contribution >= 0.6 is 11.6 Å². The molecule has 158 valence electrons. The summed E-state index contributed by atoms with van der Waals surface area (Å²) in [6, 6.07) is 12.1. The van der Waals surface area contributed by atoms with Crippen LogP contribution in [0.4, 0.5) is 13.2 Å². The minimum atomic E-state index is -2.87. The number of alkyl halides is 2. The summed E-state index contributed by atoms with van der Waals surface area (Å²) in [5.41, 5.74) is 5.75. The highest BCUT2D eigenvalue weighted by Crippen LogP contribution is 2.56. The molecule has 30 heavy (non-hydrogen) atoms. The number of aryl methyl sites for hydroxylation is 1. The molecule has 7 heteroatoms. The van der Waals surface area contributed by atoms with Gasteiger partial charge in [0, 0.05) is 16.5 Å². The molecule has 2 aromatic rings. The summed E-state index contributed by atoms with van der Waals surface area (Å²) in [6.07, 6.45) is 0.790. The number of aliphatic imine (C=N–C) groups is 1. The second-order valence-electron chi connectivity index (χ2n) is 8.68. The van der Waals surface area contributed by atoms with Crippen LogP contribution in [-0.4, -0.2) is 18.6 Å². The summed E-state index contributed by atoms with van der Waals surface area (Å²) in [5, 5.41) is 0.699. The number of benzene rings is 2. The number of nitrogens with zero attached hydrogens (tertiary/aromatic N) is 1.